The Balaban J connectivity index is 2.05. The van der Waals surface area contributed by atoms with E-state index >= 15 is 0 Å². The van der Waals surface area contributed by atoms with Gasteiger partial charge in [-0.1, -0.05) is 19.1 Å². The van der Waals surface area contributed by atoms with E-state index in [4.69, 9.17) is 10.5 Å². The van der Waals surface area contributed by atoms with Gasteiger partial charge in [0.15, 0.2) is 0 Å². The Morgan fingerprint density at radius 1 is 1.27 bits per heavy atom. The summed E-state index contributed by atoms with van der Waals surface area (Å²) in [4.78, 5) is 23.5. The molecule has 0 saturated heterocycles. The van der Waals surface area contributed by atoms with Crippen molar-refractivity contribution < 1.29 is 14.3 Å². The summed E-state index contributed by atoms with van der Waals surface area (Å²) in [5.41, 5.74) is 7.94. The number of aldehydes is 1. The maximum absolute atomic E-state index is 12.6. The highest BCUT2D eigenvalue weighted by Crippen LogP contribution is 2.22. The van der Waals surface area contributed by atoms with E-state index in [0.717, 1.165) is 27.6 Å². The highest BCUT2D eigenvalue weighted by atomic mass is 127. The molecule has 0 unspecified atom stereocenters. The summed E-state index contributed by atoms with van der Waals surface area (Å²) in [6, 6.07) is 12.5. The molecule has 0 aliphatic heterocycles. The summed E-state index contributed by atoms with van der Waals surface area (Å²) in [6.07, 6.45) is 2.58. The Morgan fingerprint density at radius 3 is 2.62 bits per heavy atom. The van der Waals surface area contributed by atoms with Crippen LogP contribution in [0.2, 0.25) is 0 Å². The van der Waals surface area contributed by atoms with Crippen molar-refractivity contribution in [1.29, 1.82) is 0 Å². The number of nitrogens with one attached hydrogen (secondary N) is 1. The van der Waals surface area contributed by atoms with E-state index in [1.54, 1.807) is 18.2 Å². The fourth-order valence-corrected chi connectivity index (χ4v) is 3.16. The van der Waals surface area contributed by atoms with Crippen molar-refractivity contribution in [1.82, 2.24) is 5.32 Å². The third kappa shape index (κ3) is 6.01. The Kier molecular flexibility index (Phi) is 7.90. The van der Waals surface area contributed by atoms with E-state index in [9.17, 15) is 9.59 Å². The molecule has 0 heterocycles. The molecule has 138 valence electrons. The Morgan fingerprint density at radius 2 is 2.00 bits per heavy atom. The lowest BCUT2D eigenvalue weighted by Gasteiger charge is -2.17. The molecule has 2 aromatic carbocycles. The third-order valence-electron chi connectivity index (χ3n) is 3.83. The smallest absolute Gasteiger partial charge is 0.251 e. The van der Waals surface area contributed by atoms with Crippen molar-refractivity contribution in [3.63, 3.8) is 0 Å². The zero-order valence-corrected chi connectivity index (χ0v) is 16.9. The fraction of sp³-hybridized carbons (Fsp3) is 0.300. The number of hydrogen-bond donors (Lipinski definition) is 2. The molecule has 0 spiro atoms. The van der Waals surface area contributed by atoms with Gasteiger partial charge in [-0.3, -0.25) is 4.79 Å². The van der Waals surface area contributed by atoms with E-state index in [2.05, 4.69) is 27.9 Å². The number of benzene rings is 2. The van der Waals surface area contributed by atoms with E-state index in [-0.39, 0.29) is 18.4 Å². The van der Waals surface area contributed by atoms with Gasteiger partial charge in [-0.25, -0.2) is 0 Å². The molecular weight excluding hydrogens is 443 g/mol. The molecule has 0 bridgehead atoms. The number of nitrogens with two attached hydrogens (primary N) is 1. The molecule has 0 aliphatic rings. The number of hydrogen-bond acceptors (Lipinski definition) is 4. The molecule has 1 atom stereocenters. The SMILES string of the molecule is CCCOc1ccc(C(=O)N[C@H](CC=O)Cc2ccc(N)cc2)cc1I. The molecule has 2 aromatic rings. The Hall–Kier alpha value is -2.09. The standard InChI is InChI=1S/C20H23IN2O3/c1-2-11-26-19-8-5-15(13-18(19)21)20(25)23-17(9-10-24)12-14-3-6-16(22)7-4-14/h3-8,10,13,17H,2,9,11-12,22H2,1H3,(H,23,25)/t17-/m1/s1. The summed E-state index contributed by atoms with van der Waals surface area (Å²) < 4.78 is 6.52. The van der Waals surface area contributed by atoms with Crippen molar-refractivity contribution in [2.75, 3.05) is 12.3 Å². The third-order valence-corrected chi connectivity index (χ3v) is 4.68. The number of carbonyl (C=O) groups is 2. The second-order valence-corrected chi connectivity index (χ2v) is 7.17. The van der Waals surface area contributed by atoms with Crippen molar-refractivity contribution in [3.8, 4) is 5.75 Å². The molecule has 0 radical (unpaired) electrons. The lowest BCUT2D eigenvalue weighted by atomic mass is 10.0. The van der Waals surface area contributed by atoms with Crippen molar-refractivity contribution in [3.05, 3.63) is 57.2 Å². The first-order chi connectivity index (χ1) is 12.5. The number of amides is 1. The van der Waals surface area contributed by atoms with Crippen molar-refractivity contribution in [2.45, 2.75) is 32.2 Å². The van der Waals surface area contributed by atoms with Crippen molar-refractivity contribution in [2.24, 2.45) is 0 Å². The second-order valence-electron chi connectivity index (χ2n) is 6.01. The number of nitrogen functional groups attached to an aromatic ring is 1. The van der Waals surface area contributed by atoms with E-state index < -0.39 is 0 Å². The largest absolute Gasteiger partial charge is 0.492 e. The first-order valence-electron chi connectivity index (χ1n) is 8.54. The average Bonchev–Trinajstić information content (AvgIpc) is 2.62. The molecule has 5 nitrogen and oxygen atoms in total. The minimum Gasteiger partial charge on any atom is -0.492 e. The maximum atomic E-state index is 12.6. The van der Waals surface area contributed by atoms with Crippen molar-refractivity contribution >= 4 is 40.5 Å². The second kappa shape index (κ2) is 10.2. The van der Waals surface area contributed by atoms with Gasteiger partial charge >= 0.3 is 0 Å². The molecule has 6 heteroatoms. The highest BCUT2D eigenvalue weighted by molar-refractivity contribution is 14.1. The predicted molar refractivity (Wildman–Crippen MR) is 111 cm³/mol. The molecule has 0 fully saturated rings. The highest BCUT2D eigenvalue weighted by Gasteiger charge is 2.15. The lowest BCUT2D eigenvalue weighted by Crippen LogP contribution is -2.36. The van der Waals surface area contributed by atoms with Crippen LogP contribution < -0.4 is 15.8 Å². The fourth-order valence-electron chi connectivity index (χ4n) is 2.49. The quantitative estimate of drug-likeness (QED) is 0.336. The van der Waals surface area contributed by atoms with Crippen LogP contribution in [0, 0.1) is 3.57 Å². The van der Waals surface area contributed by atoms with Gasteiger partial charge in [0, 0.05) is 23.7 Å². The average molecular weight is 466 g/mol. The van der Waals surface area contributed by atoms with Gasteiger partial charge in [-0.05, 0) is 71.3 Å². The van der Waals surface area contributed by atoms with Crippen LogP contribution in [-0.2, 0) is 11.2 Å². The van der Waals surface area contributed by atoms with Crippen LogP contribution >= 0.6 is 22.6 Å². The van der Waals surface area contributed by atoms with Crippen LogP contribution in [0.15, 0.2) is 42.5 Å². The van der Waals surface area contributed by atoms with E-state index in [1.165, 1.54) is 0 Å². The van der Waals surface area contributed by atoms with E-state index in [1.807, 2.05) is 31.2 Å². The normalized spacial score (nSPS) is 11.6. The van der Waals surface area contributed by atoms with Gasteiger partial charge in [-0.15, -0.1) is 0 Å². The molecule has 0 saturated carbocycles. The van der Waals surface area contributed by atoms with Crippen LogP contribution in [0.1, 0.15) is 35.7 Å². The number of halogens is 1. The topological polar surface area (TPSA) is 81.4 Å². The number of anilines is 1. The number of carbonyl (C=O) groups excluding carboxylic acids is 2. The molecular formula is C20H23IN2O3. The predicted octanol–water partition coefficient (Wildman–Crippen LogP) is 3.59. The van der Waals surface area contributed by atoms with Gasteiger partial charge in [-0.2, -0.15) is 0 Å². The van der Waals surface area contributed by atoms with Gasteiger partial charge in [0.2, 0.25) is 0 Å². The van der Waals surface area contributed by atoms with Crippen LogP contribution in [0.4, 0.5) is 5.69 Å². The first kappa shape index (κ1) is 20.2. The summed E-state index contributed by atoms with van der Waals surface area (Å²) in [5, 5.41) is 2.94. The molecule has 0 aliphatic carbocycles. The number of rotatable bonds is 9. The Labute approximate surface area is 167 Å². The minimum atomic E-state index is -0.266. The molecule has 0 aromatic heterocycles. The van der Waals surface area contributed by atoms with Crippen LogP contribution in [0.25, 0.3) is 0 Å². The zero-order valence-electron chi connectivity index (χ0n) is 14.7. The maximum Gasteiger partial charge on any atom is 0.251 e. The first-order valence-corrected chi connectivity index (χ1v) is 9.62. The van der Waals surface area contributed by atoms with Crippen LogP contribution in [0.3, 0.4) is 0 Å². The number of ether oxygens (including phenoxy) is 1. The summed E-state index contributed by atoms with van der Waals surface area (Å²) >= 11 is 2.16. The van der Waals surface area contributed by atoms with Gasteiger partial charge in [0.1, 0.15) is 12.0 Å². The van der Waals surface area contributed by atoms with Crippen LogP contribution in [-0.4, -0.2) is 24.8 Å². The summed E-state index contributed by atoms with van der Waals surface area (Å²) in [6.45, 7) is 2.69. The Bertz CT molecular complexity index is 747. The monoisotopic (exact) mass is 466 g/mol. The minimum absolute atomic E-state index is 0.202. The molecule has 1 amide bonds. The van der Waals surface area contributed by atoms with Gasteiger partial charge < -0.3 is 20.6 Å². The molecule has 3 N–H and O–H groups in total. The molecule has 26 heavy (non-hydrogen) atoms. The molecule has 2 rings (SSSR count). The van der Waals surface area contributed by atoms with Crippen LogP contribution in [0.5, 0.6) is 5.75 Å². The van der Waals surface area contributed by atoms with Gasteiger partial charge in [0.25, 0.3) is 5.91 Å². The summed E-state index contributed by atoms with van der Waals surface area (Å²) in [5.74, 6) is 0.572. The van der Waals surface area contributed by atoms with Gasteiger partial charge in [0.05, 0.1) is 10.2 Å². The summed E-state index contributed by atoms with van der Waals surface area (Å²) in [7, 11) is 0. The lowest BCUT2D eigenvalue weighted by molar-refractivity contribution is -0.108. The van der Waals surface area contributed by atoms with E-state index in [0.29, 0.717) is 24.3 Å². The zero-order chi connectivity index (χ0) is 18.9.